The minimum atomic E-state index is -0.956. The molecular formula is C22H24N4O5. The van der Waals surface area contributed by atoms with E-state index in [4.69, 9.17) is 14.3 Å². The van der Waals surface area contributed by atoms with E-state index in [1.807, 2.05) is 6.07 Å². The molecule has 0 amide bonds. The van der Waals surface area contributed by atoms with Crippen LogP contribution in [0.25, 0.3) is 0 Å². The van der Waals surface area contributed by atoms with Crippen molar-refractivity contribution in [3.63, 3.8) is 0 Å². The van der Waals surface area contributed by atoms with Gasteiger partial charge in [0.1, 0.15) is 6.33 Å². The Balaban J connectivity index is 1.47. The average molecular weight is 424 g/mol. The zero-order chi connectivity index (χ0) is 21.4. The molecule has 2 aliphatic carbocycles. The van der Waals surface area contributed by atoms with Crippen molar-refractivity contribution in [2.45, 2.75) is 48.8 Å². The molecule has 9 heteroatoms. The number of imidazole rings is 1. The number of oxime groups is 1. The molecule has 2 bridgehead atoms. The summed E-state index contributed by atoms with van der Waals surface area (Å²) in [5.41, 5.74) is 1.25. The maximum atomic E-state index is 12.3. The van der Waals surface area contributed by atoms with Crippen LogP contribution in [0, 0.1) is 0 Å². The molecule has 1 unspecified atom stereocenters. The SMILES string of the molecule is COc1ccc2c3c1O[C@H]1/C(=N/OC(=O)n4ccnc4)CC[C@@]4(O)C(C2)N(C)CC[C@]314. The van der Waals surface area contributed by atoms with Crippen molar-refractivity contribution < 1.29 is 24.2 Å². The topological polar surface area (TPSA) is 98.4 Å². The third-order valence-corrected chi connectivity index (χ3v) is 7.71. The molecule has 1 aromatic carbocycles. The molecule has 1 N–H and O–H groups in total. The highest BCUT2D eigenvalue weighted by Gasteiger charge is 2.72. The van der Waals surface area contributed by atoms with E-state index in [-0.39, 0.29) is 6.04 Å². The number of ether oxygens (including phenoxy) is 2. The van der Waals surface area contributed by atoms with Gasteiger partial charge < -0.3 is 19.5 Å². The predicted octanol–water partition coefficient (Wildman–Crippen LogP) is 1.72. The van der Waals surface area contributed by atoms with Crippen LogP contribution in [0.1, 0.15) is 30.4 Å². The Bertz CT molecular complexity index is 1100. The van der Waals surface area contributed by atoms with Gasteiger partial charge in [-0.15, -0.1) is 0 Å². The Labute approximate surface area is 179 Å². The zero-order valence-corrected chi connectivity index (χ0v) is 17.4. The third-order valence-electron chi connectivity index (χ3n) is 7.71. The van der Waals surface area contributed by atoms with Crippen LogP contribution < -0.4 is 9.47 Å². The Morgan fingerprint density at radius 2 is 2.26 bits per heavy atom. The number of carbonyl (C=O) groups excluding carboxylic acids is 1. The number of carbonyl (C=O) groups is 1. The lowest BCUT2D eigenvalue weighted by molar-refractivity contribution is -0.161. The Hall–Kier alpha value is -2.91. The highest BCUT2D eigenvalue weighted by atomic mass is 16.7. The van der Waals surface area contributed by atoms with Crippen LogP contribution >= 0.6 is 0 Å². The molecule has 6 rings (SSSR count). The first kappa shape index (κ1) is 18.8. The van der Waals surface area contributed by atoms with Crippen LogP contribution in [0.15, 0.2) is 36.0 Å². The van der Waals surface area contributed by atoms with E-state index in [0.717, 1.165) is 24.9 Å². The molecule has 1 spiro atoms. The first-order chi connectivity index (χ1) is 15.0. The number of likely N-dealkylation sites (tertiary alicyclic amines) is 1. The molecule has 1 aromatic heterocycles. The van der Waals surface area contributed by atoms with Gasteiger partial charge in [0.25, 0.3) is 0 Å². The number of likely N-dealkylation sites (N-methyl/N-ethyl adjacent to an activating group) is 1. The van der Waals surface area contributed by atoms with E-state index >= 15 is 0 Å². The van der Waals surface area contributed by atoms with E-state index in [2.05, 4.69) is 28.2 Å². The summed E-state index contributed by atoms with van der Waals surface area (Å²) >= 11 is 0. The van der Waals surface area contributed by atoms with E-state index in [0.29, 0.717) is 30.1 Å². The summed E-state index contributed by atoms with van der Waals surface area (Å²) in [6.45, 7) is 0.838. The van der Waals surface area contributed by atoms with Gasteiger partial charge in [-0.25, -0.2) is 14.3 Å². The molecule has 2 fully saturated rings. The fourth-order valence-electron chi connectivity index (χ4n) is 6.31. The second kappa shape index (κ2) is 6.30. The summed E-state index contributed by atoms with van der Waals surface area (Å²) in [6, 6.07) is 4.01. The van der Waals surface area contributed by atoms with Crippen LogP contribution in [-0.4, -0.2) is 69.8 Å². The van der Waals surface area contributed by atoms with Gasteiger partial charge in [-0.2, -0.15) is 0 Å². The molecule has 1 saturated heterocycles. The number of methoxy groups -OCH3 is 1. The lowest BCUT2D eigenvalue weighted by Crippen LogP contribution is -2.76. The Kier molecular flexibility index (Phi) is 3.83. The van der Waals surface area contributed by atoms with Crippen LogP contribution in [-0.2, 0) is 16.7 Å². The normalized spacial score (nSPS) is 34.2. The van der Waals surface area contributed by atoms with Gasteiger partial charge in [0.05, 0.1) is 23.8 Å². The van der Waals surface area contributed by atoms with Crippen LogP contribution in [0.5, 0.6) is 11.5 Å². The second-order valence-electron chi connectivity index (χ2n) is 8.88. The first-order valence-corrected chi connectivity index (χ1v) is 10.6. The van der Waals surface area contributed by atoms with Crippen molar-refractivity contribution in [2.75, 3.05) is 20.7 Å². The average Bonchev–Trinajstić information content (AvgIpc) is 3.41. The molecule has 0 radical (unpaired) electrons. The molecular weight excluding hydrogens is 400 g/mol. The van der Waals surface area contributed by atoms with Gasteiger partial charge in [0.15, 0.2) is 17.6 Å². The molecule has 3 heterocycles. The molecule has 9 nitrogen and oxygen atoms in total. The van der Waals surface area contributed by atoms with Gasteiger partial charge in [0, 0.05) is 24.0 Å². The van der Waals surface area contributed by atoms with Crippen molar-refractivity contribution >= 4 is 11.8 Å². The lowest BCUT2D eigenvalue weighted by Gasteiger charge is -2.62. The smallest absolute Gasteiger partial charge is 0.445 e. The standard InChI is InChI=1S/C22H24N4O5/c1-25-9-7-21-17-13-3-4-15(29-2)18(17)30-19(21)14(5-6-22(21,28)16(25)11-13)24-31-20(27)26-10-8-23-12-26/h3-4,8,10,12,16,19,28H,5-7,9,11H2,1-2H3/b24-14+/t16?,19-,21-,22+/m0/s1. The van der Waals surface area contributed by atoms with Gasteiger partial charge >= 0.3 is 6.09 Å². The number of piperidine rings is 1. The Morgan fingerprint density at radius 3 is 3.03 bits per heavy atom. The number of rotatable bonds is 2. The second-order valence-corrected chi connectivity index (χ2v) is 8.88. The van der Waals surface area contributed by atoms with Crippen LogP contribution in [0.3, 0.4) is 0 Å². The summed E-state index contributed by atoms with van der Waals surface area (Å²) in [7, 11) is 3.70. The number of benzene rings is 1. The number of nitrogens with zero attached hydrogens (tertiary/aromatic N) is 4. The highest BCUT2D eigenvalue weighted by molar-refractivity contribution is 5.94. The van der Waals surface area contributed by atoms with Gasteiger partial charge in [-0.05, 0) is 50.9 Å². The molecule has 2 aliphatic heterocycles. The summed E-state index contributed by atoms with van der Waals surface area (Å²) in [5.74, 6) is 1.33. The van der Waals surface area contributed by atoms with Crippen molar-refractivity contribution in [3.8, 4) is 11.5 Å². The van der Waals surface area contributed by atoms with E-state index in [9.17, 15) is 9.90 Å². The van der Waals surface area contributed by atoms with Gasteiger partial charge in [-0.1, -0.05) is 11.2 Å². The maximum absolute atomic E-state index is 12.3. The largest absolute Gasteiger partial charge is 0.493 e. The van der Waals surface area contributed by atoms with E-state index in [1.165, 1.54) is 28.9 Å². The minimum Gasteiger partial charge on any atom is -0.493 e. The number of hydrogen-bond acceptors (Lipinski definition) is 8. The number of aromatic nitrogens is 2. The van der Waals surface area contributed by atoms with Crippen molar-refractivity contribution in [1.82, 2.24) is 14.5 Å². The van der Waals surface area contributed by atoms with E-state index in [1.54, 1.807) is 7.11 Å². The molecule has 1 saturated carbocycles. The molecule has 2 aromatic rings. The highest BCUT2D eigenvalue weighted by Crippen LogP contribution is 2.64. The monoisotopic (exact) mass is 424 g/mol. The number of aliphatic hydroxyl groups is 1. The van der Waals surface area contributed by atoms with Crippen LogP contribution in [0.4, 0.5) is 4.79 Å². The van der Waals surface area contributed by atoms with Crippen molar-refractivity contribution in [2.24, 2.45) is 5.16 Å². The maximum Gasteiger partial charge on any atom is 0.445 e. The fraction of sp³-hybridized carbons (Fsp3) is 0.500. The zero-order valence-electron chi connectivity index (χ0n) is 17.4. The Morgan fingerprint density at radius 1 is 1.39 bits per heavy atom. The molecule has 162 valence electrons. The van der Waals surface area contributed by atoms with Crippen molar-refractivity contribution in [3.05, 3.63) is 42.0 Å². The molecule has 31 heavy (non-hydrogen) atoms. The first-order valence-electron chi connectivity index (χ1n) is 10.6. The minimum absolute atomic E-state index is 0.00533. The summed E-state index contributed by atoms with van der Waals surface area (Å²) in [4.78, 5) is 23.6. The van der Waals surface area contributed by atoms with Gasteiger partial charge in [0.2, 0.25) is 0 Å². The lowest BCUT2D eigenvalue weighted by atomic mass is 9.49. The van der Waals surface area contributed by atoms with E-state index < -0.39 is 23.2 Å². The fourth-order valence-corrected chi connectivity index (χ4v) is 6.31. The predicted molar refractivity (Wildman–Crippen MR) is 110 cm³/mol. The summed E-state index contributed by atoms with van der Waals surface area (Å²) in [5, 5.41) is 16.4. The third kappa shape index (κ3) is 2.25. The van der Waals surface area contributed by atoms with Gasteiger partial charge in [-0.3, -0.25) is 4.84 Å². The molecule has 4 atom stereocenters. The summed E-state index contributed by atoms with van der Waals surface area (Å²) in [6.07, 6.45) is 5.72. The number of hydrogen-bond donors (Lipinski definition) is 1. The summed E-state index contributed by atoms with van der Waals surface area (Å²) < 4.78 is 13.3. The van der Waals surface area contributed by atoms with Crippen LogP contribution in [0.2, 0.25) is 0 Å². The quantitative estimate of drug-likeness (QED) is 0.579. The molecule has 4 aliphatic rings. The van der Waals surface area contributed by atoms with Crippen molar-refractivity contribution in [1.29, 1.82) is 0 Å².